The van der Waals surface area contributed by atoms with Crippen LogP contribution in [0.25, 0.3) is 11.6 Å². The van der Waals surface area contributed by atoms with Gasteiger partial charge in [0.05, 0.1) is 12.0 Å². The molecule has 0 bridgehead atoms. The van der Waals surface area contributed by atoms with E-state index >= 15 is 0 Å². The monoisotopic (exact) mass is 219 g/mol. The Morgan fingerprint density at radius 2 is 2.47 bits per heavy atom. The maximum Gasteiger partial charge on any atom is 0.200 e. The summed E-state index contributed by atoms with van der Waals surface area (Å²) in [5, 5.41) is 8.86. The zero-order chi connectivity index (χ0) is 10.7. The number of nitrogens with zero attached hydrogens (tertiary/aromatic N) is 3. The minimum absolute atomic E-state index is 0.587. The van der Waals surface area contributed by atoms with E-state index in [2.05, 4.69) is 16.1 Å². The molecule has 76 valence electrons. The summed E-state index contributed by atoms with van der Waals surface area (Å²) < 4.78 is 7.11. The number of aromatic nitrogens is 3. The van der Waals surface area contributed by atoms with Gasteiger partial charge in [-0.1, -0.05) is 17.7 Å². The number of terminal acetylenes is 1. The fourth-order valence-corrected chi connectivity index (χ4v) is 1.76. The maximum absolute atomic E-state index is 5.25. The molecule has 15 heavy (non-hydrogen) atoms. The summed E-state index contributed by atoms with van der Waals surface area (Å²) in [6, 6.07) is 3.66. The van der Waals surface area contributed by atoms with Crippen molar-refractivity contribution in [1.29, 1.82) is 0 Å². The highest BCUT2D eigenvalue weighted by Gasteiger charge is 2.12. The molecule has 2 rings (SSSR count). The van der Waals surface area contributed by atoms with Crippen LogP contribution in [0.2, 0.25) is 0 Å². The lowest BCUT2D eigenvalue weighted by molar-refractivity contribution is 0.572. The Morgan fingerprint density at radius 3 is 3.13 bits per heavy atom. The van der Waals surface area contributed by atoms with Gasteiger partial charge in [-0.25, -0.2) is 0 Å². The van der Waals surface area contributed by atoms with Crippen molar-refractivity contribution in [2.24, 2.45) is 7.05 Å². The van der Waals surface area contributed by atoms with Gasteiger partial charge in [-0.05, 0) is 12.1 Å². The van der Waals surface area contributed by atoms with E-state index in [0.717, 1.165) is 5.16 Å². The van der Waals surface area contributed by atoms with Gasteiger partial charge in [0.1, 0.15) is 0 Å². The third-order valence-corrected chi connectivity index (χ3v) is 2.79. The Hall–Kier alpha value is -1.67. The first kappa shape index (κ1) is 9.87. The molecule has 0 radical (unpaired) electrons. The molecular formula is C10H9N3OS. The van der Waals surface area contributed by atoms with Gasteiger partial charge in [-0.15, -0.1) is 16.6 Å². The fraction of sp³-hybridized carbons (Fsp3) is 0.200. The van der Waals surface area contributed by atoms with Crippen LogP contribution < -0.4 is 0 Å². The summed E-state index contributed by atoms with van der Waals surface area (Å²) in [5.41, 5.74) is 0. The van der Waals surface area contributed by atoms with Crippen molar-refractivity contribution in [3.8, 4) is 23.9 Å². The summed E-state index contributed by atoms with van der Waals surface area (Å²) in [4.78, 5) is 0. The predicted molar refractivity (Wildman–Crippen MR) is 58.3 cm³/mol. The van der Waals surface area contributed by atoms with E-state index in [1.54, 1.807) is 6.26 Å². The quantitative estimate of drug-likeness (QED) is 0.583. The number of rotatable bonds is 3. The molecule has 0 aliphatic rings. The molecule has 2 aromatic heterocycles. The fourth-order valence-electron chi connectivity index (χ4n) is 1.17. The van der Waals surface area contributed by atoms with Gasteiger partial charge >= 0.3 is 0 Å². The Balaban J connectivity index is 2.29. The third kappa shape index (κ3) is 1.90. The summed E-state index contributed by atoms with van der Waals surface area (Å²) >= 11 is 1.48. The van der Waals surface area contributed by atoms with E-state index in [-0.39, 0.29) is 0 Å². The second-order valence-corrected chi connectivity index (χ2v) is 3.78. The van der Waals surface area contributed by atoms with E-state index in [9.17, 15) is 0 Å². The second-order valence-electron chi connectivity index (χ2n) is 2.84. The first-order valence-corrected chi connectivity index (χ1v) is 5.31. The van der Waals surface area contributed by atoms with Gasteiger partial charge in [-0.2, -0.15) is 0 Å². The Labute approximate surface area is 91.7 Å². The van der Waals surface area contributed by atoms with Crippen molar-refractivity contribution >= 4 is 11.8 Å². The Morgan fingerprint density at radius 1 is 1.60 bits per heavy atom. The first-order valence-electron chi connectivity index (χ1n) is 4.32. The minimum atomic E-state index is 0.587. The van der Waals surface area contributed by atoms with Gasteiger partial charge in [0.25, 0.3) is 0 Å². The molecule has 0 spiro atoms. The van der Waals surface area contributed by atoms with Crippen molar-refractivity contribution in [2.45, 2.75) is 5.16 Å². The number of thioether (sulfide) groups is 1. The largest absolute Gasteiger partial charge is 0.461 e. The van der Waals surface area contributed by atoms with Crippen molar-refractivity contribution < 1.29 is 4.42 Å². The topological polar surface area (TPSA) is 43.9 Å². The molecule has 0 amide bonds. The van der Waals surface area contributed by atoms with Crippen LogP contribution in [0, 0.1) is 12.3 Å². The minimum Gasteiger partial charge on any atom is -0.461 e. The van der Waals surface area contributed by atoms with Crippen molar-refractivity contribution in [1.82, 2.24) is 14.8 Å². The van der Waals surface area contributed by atoms with Crippen molar-refractivity contribution in [2.75, 3.05) is 5.75 Å². The first-order chi connectivity index (χ1) is 7.33. The summed E-state index contributed by atoms with van der Waals surface area (Å²) in [5.74, 6) is 4.55. The van der Waals surface area contributed by atoms with Crippen molar-refractivity contribution in [3.63, 3.8) is 0 Å². The summed E-state index contributed by atoms with van der Waals surface area (Å²) in [6.07, 6.45) is 6.79. The Bertz CT molecular complexity index is 481. The lowest BCUT2D eigenvalue weighted by Crippen LogP contribution is -1.93. The highest BCUT2D eigenvalue weighted by Crippen LogP contribution is 2.22. The molecule has 0 N–H and O–H groups in total. The molecule has 0 aliphatic heterocycles. The predicted octanol–water partition coefficient (Wildman–Crippen LogP) is 1.80. The number of hydrogen-bond donors (Lipinski definition) is 0. The molecule has 0 aromatic carbocycles. The third-order valence-electron chi connectivity index (χ3n) is 1.86. The molecule has 0 saturated carbocycles. The van der Waals surface area contributed by atoms with E-state index in [1.165, 1.54) is 11.8 Å². The molecule has 0 saturated heterocycles. The average Bonchev–Trinajstić information content (AvgIpc) is 2.84. The van der Waals surface area contributed by atoms with E-state index in [4.69, 9.17) is 10.8 Å². The zero-order valence-corrected chi connectivity index (χ0v) is 8.99. The van der Waals surface area contributed by atoms with Gasteiger partial charge in [0.15, 0.2) is 16.7 Å². The van der Waals surface area contributed by atoms with Crippen molar-refractivity contribution in [3.05, 3.63) is 18.4 Å². The van der Waals surface area contributed by atoms with Crippen LogP contribution in [-0.4, -0.2) is 20.5 Å². The van der Waals surface area contributed by atoms with Crippen LogP contribution in [0.1, 0.15) is 0 Å². The molecule has 0 fully saturated rings. The lowest BCUT2D eigenvalue weighted by Gasteiger charge is -1.98. The van der Waals surface area contributed by atoms with Crippen LogP contribution in [-0.2, 0) is 7.05 Å². The van der Waals surface area contributed by atoms with Crippen LogP contribution in [0.15, 0.2) is 28.0 Å². The van der Waals surface area contributed by atoms with Gasteiger partial charge < -0.3 is 8.98 Å². The molecule has 5 heteroatoms. The highest BCUT2D eigenvalue weighted by molar-refractivity contribution is 7.99. The molecule has 0 atom stereocenters. The average molecular weight is 219 g/mol. The highest BCUT2D eigenvalue weighted by atomic mass is 32.2. The normalized spacial score (nSPS) is 10.1. The van der Waals surface area contributed by atoms with Crippen LogP contribution in [0.4, 0.5) is 0 Å². The van der Waals surface area contributed by atoms with Gasteiger partial charge in [0.2, 0.25) is 0 Å². The van der Waals surface area contributed by atoms with Crippen LogP contribution >= 0.6 is 11.8 Å². The van der Waals surface area contributed by atoms with Crippen LogP contribution in [0.5, 0.6) is 0 Å². The van der Waals surface area contributed by atoms with Gasteiger partial charge in [0, 0.05) is 7.05 Å². The zero-order valence-electron chi connectivity index (χ0n) is 8.17. The lowest BCUT2D eigenvalue weighted by atomic mass is 10.4. The smallest absolute Gasteiger partial charge is 0.200 e. The van der Waals surface area contributed by atoms with E-state index < -0.39 is 0 Å². The van der Waals surface area contributed by atoms with Crippen LogP contribution in [0.3, 0.4) is 0 Å². The van der Waals surface area contributed by atoms with Gasteiger partial charge in [-0.3, -0.25) is 0 Å². The second kappa shape index (κ2) is 4.24. The molecule has 2 heterocycles. The SMILES string of the molecule is C#CCSc1nnc(-c2ccco2)n1C. The molecule has 0 aliphatic carbocycles. The molecule has 2 aromatic rings. The molecule has 0 unspecified atom stereocenters. The number of hydrogen-bond acceptors (Lipinski definition) is 4. The molecular weight excluding hydrogens is 210 g/mol. The van der Waals surface area contributed by atoms with E-state index in [0.29, 0.717) is 17.3 Å². The van der Waals surface area contributed by atoms with E-state index in [1.807, 2.05) is 23.7 Å². The summed E-state index contributed by atoms with van der Waals surface area (Å²) in [6.45, 7) is 0. The number of furan rings is 1. The maximum atomic E-state index is 5.25. The summed E-state index contributed by atoms with van der Waals surface area (Å²) in [7, 11) is 1.89. The Kier molecular flexibility index (Phi) is 2.79. The standard InChI is InChI=1S/C10H9N3OS/c1-3-7-15-10-12-11-9(13(10)2)8-5-4-6-14-8/h1,4-6H,7H2,2H3. The molecule has 4 nitrogen and oxygen atoms in total.